The smallest absolute Gasteiger partial charge is 0.342 e. The molecule has 0 saturated heterocycles. The van der Waals surface area contributed by atoms with Crippen LogP contribution in [-0.4, -0.2) is 23.6 Å². The number of carbonyl (C=O) groups is 2. The van der Waals surface area contributed by atoms with Crippen LogP contribution in [-0.2, 0) is 9.53 Å². The highest BCUT2D eigenvalue weighted by atomic mass is 35.5. The molecule has 2 rings (SSSR count). The Morgan fingerprint density at radius 3 is 2.57 bits per heavy atom. The summed E-state index contributed by atoms with van der Waals surface area (Å²) in [6.07, 6.45) is 0. The highest BCUT2D eigenvalue weighted by Crippen LogP contribution is 2.22. The van der Waals surface area contributed by atoms with Crippen LogP contribution in [0.1, 0.15) is 10.4 Å². The molecule has 0 spiro atoms. The van der Waals surface area contributed by atoms with Crippen molar-refractivity contribution in [2.75, 3.05) is 11.9 Å². The molecule has 0 aliphatic rings. The van der Waals surface area contributed by atoms with E-state index in [0.29, 0.717) is 0 Å². The van der Waals surface area contributed by atoms with Gasteiger partial charge in [-0.25, -0.2) is 9.18 Å². The van der Waals surface area contributed by atoms with Crippen LogP contribution in [0.4, 0.5) is 10.1 Å². The molecule has 0 radical (unpaired) electrons. The molecule has 2 N–H and O–H groups in total. The molecule has 0 bridgehead atoms. The van der Waals surface area contributed by atoms with Crippen LogP contribution in [0.5, 0.6) is 5.75 Å². The van der Waals surface area contributed by atoms with Crippen LogP contribution in [0.25, 0.3) is 0 Å². The van der Waals surface area contributed by atoms with Gasteiger partial charge in [0.15, 0.2) is 6.61 Å². The molecule has 0 atom stereocenters. The third-order valence-electron chi connectivity index (χ3n) is 2.72. The minimum Gasteiger partial charge on any atom is -0.507 e. The van der Waals surface area contributed by atoms with Crippen LogP contribution in [0, 0.1) is 5.82 Å². The predicted octanol–water partition coefficient (Wildman–Crippen LogP) is 3.63. The largest absolute Gasteiger partial charge is 0.507 e. The second-order valence-electron chi connectivity index (χ2n) is 4.41. The highest BCUT2D eigenvalue weighted by molar-refractivity contribution is 6.31. The fraction of sp³-hybridized carbons (Fsp3) is 0.0667. The molecule has 23 heavy (non-hydrogen) atoms. The van der Waals surface area contributed by atoms with Crippen molar-refractivity contribution < 1.29 is 23.8 Å². The molecule has 2 aromatic carbocycles. The number of carbonyl (C=O) groups excluding carboxylic acids is 2. The number of rotatable bonds is 4. The Labute approximate surface area is 140 Å². The zero-order chi connectivity index (χ0) is 17.0. The first-order chi connectivity index (χ1) is 10.9. The SMILES string of the molecule is O=C(COC(=O)c1ccc(Cl)cc1O)Nc1ccc(F)c(Cl)c1. The molecule has 0 saturated carbocycles. The second kappa shape index (κ2) is 7.30. The fourth-order valence-corrected chi connectivity index (χ4v) is 2.00. The summed E-state index contributed by atoms with van der Waals surface area (Å²) in [5.74, 6) is -2.50. The van der Waals surface area contributed by atoms with Gasteiger partial charge in [-0.1, -0.05) is 23.2 Å². The van der Waals surface area contributed by atoms with Crippen LogP contribution < -0.4 is 5.32 Å². The maximum absolute atomic E-state index is 13.0. The van der Waals surface area contributed by atoms with Crippen LogP contribution in [0.3, 0.4) is 0 Å². The summed E-state index contributed by atoms with van der Waals surface area (Å²) in [6, 6.07) is 7.48. The summed E-state index contributed by atoms with van der Waals surface area (Å²) < 4.78 is 17.8. The summed E-state index contributed by atoms with van der Waals surface area (Å²) in [5.41, 5.74) is 0.138. The van der Waals surface area contributed by atoms with E-state index in [1.54, 1.807) is 0 Å². The van der Waals surface area contributed by atoms with Gasteiger partial charge in [-0.3, -0.25) is 4.79 Å². The van der Waals surface area contributed by atoms with Crippen molar-refractivity contribution >= 4 is 40.8 Å². The lowest BCUT2D eigenvalue weighted by atomic mass is 10.2. The molecule has 0 aliphatic heterocycles. The zero-order valence-electron chi connectivity index (χ0n) is 11.5. The van der Waals surface area contributed by atoms with Gasteiger partial charge in [0.25, 0.3) is 5.91 Å². The van der Waals surface area contributed by atoms with Crippen LogP contribution >= 0.6 is 23.2 Å². The molecule has 0 heterocycles. The van der Waals surface area contributed by atoms with Crippen LogP contribution in [0.15, 0.2) is 36.4 Å². The topological polar surface area (TPSA) is 75.6 Å². The van der Waals surface area contributed by atoms with E-state index in [0.717, 1.165) is 6.07 Å². The number of ether oxygens (including phenoxy) is 1. The number of hydrogen-bond donors (Lipinski definition) is 2. The summed E-state index contributed by atoms with van der Waals surface area (Å²) in [4.78, 5) is 23.4. The van der Waals surface area contributed by atoms with Crippen molar-refractivity contribution in [3.8, 4) is 5.75 Å². The first kappa shape index (κ1) is 17.1. The second-order valence-corrected chi connectivity index (χ2v) is 5.26. The Balaban J connectivity index is 1.93. The van der Waals surface area contributed by atoms with Crippen molar-refractivity contribution in [2.24, 2.45) is 0 Å². The number of nitrogens with one attached hydrogen (secondary N) is 1. The lowest BCUT2D eigenvalue weighted by Gasteiger charge is -2.08. The Kier molecular flexibility index (Phi) is 5.41. The summed E-state index contributed by atoms with van der Waals surface area (Å²) in [5, 5.41) is 12.1. The number of anilines is 1. The molecule has 5 nitrogen and oxygen atoms in total. The number of phenolic OH excluding ortho intramolecular Hbond substituents is 1. The van der Waals surface area contributed by atoms with Crippen molar-refractivity contribution in [3.05, 3.63) is 57.8 Å². The quantitative estimate of drug-likeness (QED) is 0.819. The molecule has 0 aromatic heterocycles. The number of phenols is 1. The van der Waals surface area contributed by atoms with E-state index in [1.807, 2.05) is 0 Å². The molecule has 0 aliphatic carbocycles. The van der Waals surface area contributed by atoms with Gasteiger partial charge in [0, 0.05) is 10.7 Å². The van der Waals surface area contributed by atoms with Crippen molar-refractivity contribution in [3.63, 3.8) is 0 Å². The maximum atomic E-state index is 13.0. The summed E-state index contributed by atoms with van der Waals surface area (Å²) >= 11 is 11.2. The Hall–Kier alpha value is -2.31. The molecular weight excluding hydrogens is 348 g/mol. The van der Waals surface area contributed by atoms with Gasteiger partial charge < -0.3 is 15.2 Å². The first-order valence-corrected chi connectivity index (χ1v) is 7.03. The first-order valence-electron chi connectivity index (χ1n) is 6.27. The zero-order valence-corrected chi connectivity index (χ0v) is 13.0. The molecular formula is C15H10Cl2FNO4. The van der Waals surface area contributed by atoms with E-state index in [1.165, 1.54) is 30.3 Å². The molecule has 8 heteroatoms. The lowest BCUT2D eigenvalue weighted by molar-refractivity contribution is -0.119. The van der Waals surface area contributed by atoms with Gasteiger partial charge in [-0.05, 0) is 36.4 Å². The molecule has 1 amide bonds. The standard InChI is InChI=1S/C15H10Cl2FNO4/c16-8-1-3-10(13(20)5-8)15(22)23-7-14(21)19-9-2-4-12(18)11(17)6-9/h1-6,20H,7H2,(H,19,21). The van der Waals surface area contributed by atoms with Gasteiger partial charge in [0.05, 0.1) is 5.02 Å². The number of esters is 1. The Morgan fingerprint density at radius 1 is 1.17 bits per heavy atom. The van der Waals surface area contributed by atoms with E-state index < -0.39 is 24.3 Å². The van der Waals surface area contributed by atoms with Gasteiger partial charge in [0.1, 0.15) is 17.1 Å². The maximum Gasteiger partial charge on any atom is 0.342 e. The van der Waals surface area contributed by atoms with Gasteiger partial charge in [0.2, 0.25) is 0 Å². The highest BCUT2D eigenvalue weighted by Gasteiger charge is 2.15. The van der Waals surface area contributed by atoms with E-state index >= 15 is 0 Å². The molecule has 120 valence electrons. The van der Waals surface area contributed by atoms with E-state index in [-0.39, 0.29) is 27.0 Å². The number of benzene rings is 2. The van der Waals surface area contributed by atoms with Gasteiger partial charge >= 0.3 is 5.97 Å². The minimum atomic E-state index is -0.883. The predicted molar refractivity (Wildman–Crippen MR) is 83.4 cm³/mol. The van der Waals surface area contributed by atoms with E-state index in [4.69, 9.17) is 27.9 Å². The normalized spacial score (nSPS) is 10.2. The average Bonchev–Trinajstić information content (AvgIpc) is 2.48. The van der Waals surface area contributed by atoms with Gasteiger partial charge in [-0.15, -0.1) is 0 Å². The third-order valence-corrected chi connectivity index (χ3v) is 3.24. The Bertz CT molecular complexity index is 767. The van der Waals surface area contributed by atoms with E-state index in [2.05, 4.69) is 5.32 Å². The number of halogens is 3. The monoisotopic (exact) mass is 357 g/mol. The van der Waals surface area contributed by atoms with Crippen molar-refractivity contribution in [2.45, 2.75) is 0 Å². The minimum absolute atomic E-state index is 0.118. The molecule has 0 unspecified atom stereocenters. The third kappa shape index (κ3) is 4.58. The van der Waals surface area contributed by atoms with Crippen LogP contribution in [0.2, 0.25) is 10.0 Å². The number of amides is 1. The van der Waals surface area contributed by atoms with Gasteiger partial charge in [-0.2, -0.15) is 0 Å². The Morgan fingerprint density at radius 2 is 1.91 bits per heavy atom. The van der Waals surface area contributed by atoms with E-state index in [9.17, 15) is 19.1 Å². The number of aromatic hydroxyl groups is 1. The van der Waals surface area contributed by atoms with Crippen molar-refractivity contribution in [1.29, 1.82) is 0 Å². The summed E-state index contributed by atoms with van der Waals surface area (Å²) in [7, 11) is 0. The summed E-state index contributed by atoms with van der Waals surface area (Å²) in [6.45, 7) is -0.587. The fourth-order valence-electron chi connectivity index (χ4n) is 1.66. The lowest BCUT2D eigenvalue weighted by Crippen LogP contribution is -2.21. The molecule has 0 fully saturated rings. The number of hydrogen-bond acceptors (Lipinski definition) is 4. The molecule has 2 aromatic rings. The van der Waals surface area contributed by atoms with Crippen molar-refractivity contribution in [1.82, 2.24) is 0 Å². The average molecular weight is 358 g/mol.